The minimum Gasteiger partial charge on any atom is -0.328 e. The van der Waals surface area contributed by atoms with E-state index in [1.807, 2.05) is 32.3 Å². The van der Waals surface area contributed by atoms with E-state index in [0.29, 0.717) is 5.15 Å². The molecule has 124 valence electrons. The van der Waals surface area contributed by atoms with Crippen LogP contribution in [0.25, 0.3) is 10.9 Å². The summed E-state index contributed by atoms with van der Waals surface area (Å²) in [5.74, 6) is 0.804. The number of rotatable bonds is 6. The van der Waals surface area contributed by atoms with E-state index in [2.05, 4.69) is 38.9 Å². The summed E-state index contributed by atoms with van der Waals surface area (Å²) in [6.45, 7) is 0.827. The highest BCUT2D eigenvalue weighted by Gasteiger charge is 2.05. The van der Waals surface area contributed by atoms with Gasteiger partial charge in [-0.3, -0.25) is 0 Å². The quantitative estimate of drug-likeness (QED) is 0.515. The van der Waals surface area contributed by atoms with Gasteiger partial charge in [0.25, 0.3) is 0 Å². The van der Waals surface area contributed by atoms with Crippen molar-refractivity contribution in [3.8, 4) is 0 Å². The number of anilines is 1. The average molecular weight is 359 g/mol. The average Bonchev–Trinajstić information content (AvgIpc) is 2.56. The van der Waals surface area contributed by atoms with E-state index in [9.17, 15) is 0 Å². The lowest BCUT2D eigenvalue weighted by Crippen LogP contribution is -2.11. The Morgan fingerprint density at radius 1 is 1.12 bits per heavy atom. The van der Waals surface area contributed by atoms with E-state index in [-0.39, 0.29) is 0 Å². The fourth-order valence-corrected chi connectivity index (χ4v) is 3.21. The lowest BCUT2D eigenvalue weighted by Gasteiger charge is -2.12. The van der Waals surface area contributed by atoms with Crippen molar-refractivity contribution in [2.75, 3.05) is 18.8 Å². The lowest BCUT2D eigenvalue weighted by atomic mass is 10.2. The maximum atomic E-state index is 5.81. The van der Waals surface area contributed by atoms with E-state index < -0.39 is 0 Å². The molecule has 0 amide bonds. The maximum Gasteiger partial charge on any atom is 0.129 e. The molecular formula is C18H19ClN4S. The molecule has 0 fully saturated rings. The third kappa shape index (κ3) is 4.38. The Labute approximate surface area is 151 Å². The van der Waals surface area contributed by atoms with Crippen LogP contribution in [0.1, 0.15) is 11.3 Å². The summed E-state index contributed by atoms with van der Waals surface area (Å²) in [5.41, 5.74) is 4.21. The van der Waals surface area contributed by atoms with E-state index in [1.165, 1.54) is 0 Å². The first-order chi connectivity index (χ1) is 11.6. The molecule has 0 radical (unpaired) electrons. The van der Waals surface area contributed by atoms with Crippen LogP contribution in [0.3, 0.4) is 0 Å². The predicted molar refractivity (Wildman–Crippen MR) is 103 cm³/mol. The normalized spacial score (nSPS) is 11.2. The van der Waals surface area contributed by atoms with Gasteiger partial charge < -0.3 is 9.62 Å². The second kappa shape index (κ2) is 7.83. The zero-order valence-electron chi connectivity index (χ0n) is 13.7. The summed E-state index contributed by atoms with van der Waals surface area (Å²) in [6, 6.07) is 14.2. The van der Waals surface area contributed by atoms with Crippen molar-refractivity contribution in [2.45, 2.75) is 12.3 Å². The van der Waals surface area contributed by atoms with Gasteiger partial charge in [0.15, 0.2) is 0 Å². The number of para-hydroxylation sites is 1. The number of hydrogen-bond donors (Lipinski definition) is 1. The first-order valence-electron chi connectivity index (χ1n) is 7.63. The highest BCUT2D eigenvalue weighted by Crippen LogP contribution is 2.25. The van der Waals surface area contributed by atoms with Crippen LogP contribution in [0.15, 0.2) is 48.7 Å². The molecule has 2 heterocycles. The minimum absolute atomic E-state index is 0.517. The molecule has 0 spiro atoms. The number of nitrogens with one attached hydrogen (secondary N) is 1. The summed E-state index contributed by atoms with van der Waals surface area (Å²) in [4.78, 5) is 11.0. The first-order valence-corrected chi connectivity index (χ1v) is 9.00. The molecule has 24 heavy (non-hydrogen) atoms. The Bertz CT molecular complexity index is 821. The van der Waals surface area contributed by atoms with Crippen molar-refractivity contribution in [2.24, 2.45) is 0 Å². The highest BCUT2D eigenvalue weighted by molar-refractivity contribution is 7.99. The number of benzene rings is 1. The Hall–Kier alpha value is -1.82. The van der Waals surface area contributed by atoms with Crippen LogP contribution >= 0.6 is 23.5 Å². The fourth-order valence-electron chi connectivity index (χ4n) is 2.37. The minimum atomic E-state index is 0.517. The Morgan fingerprint density at radius 3 is 2.75 bits per heavy atom. The summed E-state index contributed by atoms with van der Waals surface area (Å²) >= 11 is 7.43. The largest absolute Gasteiger partial charge is 0.328 e. The third-order valence-corrected chi connectivity index (χ3v) is 4.53. The molecule has 1 aromatic carbocycles. The van der Waals surface area contributed by atoms with E-state index in [0.717, 1.165) is 40.1 Å². The second-order valence-electron chi connectivity index (χ2n) is 5.80. The second-order valence-corrected chi connectivity index (χ2v) is 6.97. The van der Waals surface area contributed by atoms with Gasteiger partial charge in [0, 0.05) is 23.9 Å². The number of fused-ring (bicyclic) bond motifs is 1. The number of halogens is 1. The van der Waals surface area contributed by atoms with E-state index in [4.69, 9.17) is 16.6 Å². The van der Waals surface area contributed by atoms with Gasteiger partial charge in [-0.15, -0.1) is 0 Å². The van der Waals surface area contributed by atoms with Crippen molar-refractivity contribution in [3.05, 3.63) is 65.1 Å². The van der Waals surface area contributed by atoms with Crippen LogP contribution in [0.4, 0.5) is 5.69 Å². The molecule has 0 aliphatic carbocycles. The monoisotopic (exact) mass is 358 g/mol. The SMILES string of the molecule is CN(C)Cc1ccc2cccc(NSCc3ccc(Cl)nc3)c2n1. The summed E-state index contributed by atoms with van der Waals surface area (Å²) in [5, 5.41) is 1.65. The number of pyridine rings is 2. The zero-order valence-corrected chi connectivity index (χ0v) is 15.2. The van der Waals surface area contributed by atoms with Gasteiger partial charge in [-0.2, -0.15) is 0 Å². The number of hydrogen-bond acceptors (Lipinski definition) is 5. The molecule has 0 saturated carbocycles. The van der Waals surface area contributed by atoms with Gasteiger partial charge in [0.05, 0.1) is 16.9 Å². The summed E-state index contributed by atoms with van der Waals surface area (Å²) in [7, 11) is 4.10. The maximum absolute atomic E-state index is 5.81. The smallest absolute Gasteiger partial charge is 0.129 e. The van der Waals surface area contributed by atoms with Crippen molar-refractivity contribution >= 4 is 40.1 Å². The van der Waals surface area contributed by atoms with Crippen molar-refractivity contribution in [1.82, 2.24) is 14.9 Å². The van der Waals surface area contributed by atoms with E-state index >= 15 is 0 Å². The molecule has 1 N–H and O–H groups in total. The highest BCUT2D eigenvalue weighted by atomic mass is 35.5. The molecule has 2 aromatic heterocycles. The molecule has 6 heteroatoms. The van der Waals surface area contributed by atoms with Crippen LogP contribution in [-0.2, 0) is 12.3 Å². The topological polar surface area (TPSA) is 41.0 Å². The van der Waals surface area contributed by atoms with Crippen LogP contribution < -0.4 is 4.72 Å². The van der Waals surface area contributed by atoms with Gasteiger partial charge >= 0.3 is 0 Å². The Kier molecular flexibility index (Phi) is 5.56. The third-order valence-electron chi connectivity index (χ3n) is 3.47. The van der Waals surface area contributed by atoms with Gasteiger partial charge in [-0.1, -0.05) is 35.9 Å². The molecule has 0 aliphatic rings. The molecule has 4 nitrogen and oxygen atoms in total. The fraction of sp³-hybridized carbons (Fsp3) is 0.222. The van der Waals surface area contributed by atoms with Crippen LogP contribution in [0.2, 0.25) is 5.15 Å². The molecule has 0 saturated heterocycles. The molecule has 0 aliphatic heterocycles. The van der Waals surface area contributed by atoms with Crippen molar-refractivity contribution in [3.63, 3.8) is 0 Å². The van der Waals surface area contributed by atoms with Gasteiger partial charge in [0.1, 0.15) is 5.15 Å². The Morgan fingerprint density at radius 2 is 2.00 bits per heavy atom. The standard InChI is InChI=1S/C18H19ClN4S/c1-23(2)11-15-8-7-14-4-3-5-16(18(14)21-15)22-24-12-13-6-9-17(19)20-10-13/h3-10,22H,11-12H2,1-2H3. The summed E-state index contributed by atoms with van der Waals surface area (Å²) < 4.78 is 3.41. The van der Waals surface area contributed by atoms with E-state index in [1.54, 1.807) is 18.1 Å². The molecular weight excluding hydrogens is 340 g/mol. The Balaban J connectivity index is 1.74. The van der Waals surface area contributed by atoms with Crippen LogP contribution in [0.5, 0.6) is 0 Å². The number of nitrogens with zero attached hydrogens (tertiary/aromatic N) is 3. The molecule has 3 aromatic rings. The van der Waals surface area contributed by atoms with Crippen molar-refractivity contribution in [1.29, 1.82) is 0 Å². The lowest BCUT2D eigenvalue weighted by molar-refractivity contribution is 0.397. The van der Waals surface area contributed by atoms with Gasteiger partial charge in [0.2, 0.25) is 0 Å². The molecule has 0 bridgehead atoms. The summed E-state index contributed by atoms with van der Waals surface area (Å²) in [6.07, 6.45) is 1.80. The van der Waals surface area contributed by atoms with Gasteiger partial charge in [-0.05, 0) is 49.8 Å². The number of aromatic nitrogens is 2. The predicted octanol–water partition coefficient (Wildman–Crippen LogP) is 4.61. The van der Waals surface area contributed by atoms with Crippen LogP contribution in [-0.4, -0.2) is 29.0 Å². The first kappa shape index (κ1) is 17.0. The van der Waals surface area contributed by atoms with Crippen molar-refractivity contribution < 1.29 is 0 Å². The zero-order chi connectivity index (χ0) is 16.9. The van der Waals surface area contributed by atoms with Crippen LogP contribution in [0, 0.1) is 0 Å². The van der Waals surface area contributed by atoms with Gasteiger partial charge in [-0.25, -0.2) is 9.97 Å². The molecule has 3 rings (SSSR count). The molecule has 0 unspecified atom stereocenters. The molecule has 0 atom stereocenters.